The van der Waals surface area contributed by atoms with E-state index < -0.39 is 0 Å². The van der Waals surface area contributed by atoms with E-state index >= 15 is 0 Å². The highest BCUT2D eigenvalue weighted by Crippen LogP contribution is 2.41. The number of rotatable bonds is 2. The zero-order valence-electron chi connectivity index (χ0n) is 14.3. The number of fused-ring (bicyclic) bond motifs is 4. The molecule has 7 heteroatoms. The lowest BCUT2D eigenvalue weighted by Crippen LogP contribution is -1.98. The van der Waals surface area contributed by atoms with Crippen molar-refractivity contribution in [2.75, 3.05) is 0 Å². The number of hydrogen-bond donors (Lipinski definition) is 2. The minimum Gasteiger partial charge on any atom is -0.493 e. The maximum absolute atomic E-state index is 10.2. The molecule has 0 unspecified atom stereocenters. The van der Waals surface area contributed by atoms with Crippen molar-refractivity contribution in [1.29, 1.82) is 0 Å². The Morgan fingerprint density at radius 3 is 2.88 bits per heavy atom. The van der Waals surface area contributed by atoms with Crippen LogP contribution in [0.1, 0.15) is 29.1 Å². The maximum atomic E-state index is 10.2. The topological polar surface area (TPSA) is 86.5 Å². The molecule has 1 aliphatic rings. The molecule has 0 bridgehead atoms. The Bertz CT molecular complexity index is 1170. The lowest BCUT2D eigenvalue weighted by atomic mass is 9.97. The summed E-state index contributed by atoms with van der Waals surface area (Å²) in [5.41, 5.74) is 2.60. The third-order valence-corrected chi connectivity index (χ3v) is 6.00. The molecule has 0 fully saturated rings. The van der Waals surface area contributed by atoms with Crippen molar-refractivity contribution in [3.63, 3.8) is 0 Å². The second-order valence-electron chi connectivity index (χ2n) is 6.55. The Balaban J connectivity index is 1.68. The van der Waals surface area contributed by atoms with Crippen LogP contribution in [0.25, 0.3) is 21.1 Å². The number of aromatic amines is 1. The number of hydrogen-bond acceptors (Lipinski definition) is 6. The molecule has 0 aliphatic heterocycles. The number of H-pyrrole nitrogens is 1. The highest BCUT2D eigenvalue weighted by Gasteiger charge is 2.21. The van der Waals surface area contributed by atoms with Crippen LogP contribution in [0.15, 0.2) is 34.5 Å². The molecule has 0 atom stereocenters. The van der Waals surface area contributed by atoms with Crippen molar-refractivity contribution >= 4 is 44.0 Å². The van der Waals surface area contributed by atoms with Gasteiger partial charge in [0, 0.05) is 10.3 Å². The summed E-state index contributed by atoms with van der Waals surface area (Å²) in [5, 5.41) is 20.8. The Hall–Kier alpha value is -2.80. The number of aromatic nitrogens is 3. The Kier molecular flexibility index (Phi) is 3.49. The van der Waals surface area contributed by atoms with Crippen LogP contribution in [0.3, 0.4) is 0 Å². The molecule has 0 saturated carbocycles. The highest BCUT2D eigenvalue weighted by molar-refractivity contribution is 7.19. The van der Waals surface area contributed by atoms with Crippen LogP contribution in [-0.2, 0) is 12.8 Å². The van der Waals surface area contributed by atoms with Gasteiger partial charge in [-0.3, -0.25) is 0 Å². The van der Waals surface area contributed by atoms with Gasteiger partial charge in [-0.25, -0.2) is 9.97 Å². The number of thiophene rings is 1. The number of benzene rings is 1. The van der Waals surface area contributed by atoms with E-state index in [0.717, 1.165) is 34.0 Å². The SMILES string of the molecule is Cc1nc(N=Nc2c(O)[nH]c3ccccc23)c2c3c(sc2n1)CCCC3. The van der Waals surface area contributed by atoms with Gasteiger partial charge in [-0.15, -0.1) is 21.6 Å². The number of aryl methyl sites for hydroxylation is 3. The van der Waals surface area contributed by atoms with Crippen molar-refractivity contribution in [3.8, 4) is 5.88 Å². The van der Waals surface area contributed by atoms with E-state index in [1.54, 1.807) is 11.3 Å². The van der Waals surface area contributed by atoms with Gasteiger partial charge < -0.3 is 10.1 Å². The summed E-state index contributed by atoms with van der Waals surface area (Å²) in [7, 11) is 0. The molecule has 0 amide bonds. The van der Waals surface area contributed by atoms with Crippen LogP contribution in [0.4, 0.5) is 11.5 Å². The quantitative estimate of drug-likeness (QED) is 0.462. The molecule has 3 aromatic heterocycles. The summed E-state index contributed by atoms with van der Waals surface area (Å²) in [6.45, 7) is 1.88. The van der Waals surface area contributed by atoms with Gasteiger partial charge in [0.2, 0.25) is 5.88 Å². The van der Waals surface area contributed by atoms with Crippen LogP contribution in [0.2, 0.25) is 0 Å². The van der Waals surface area contributed by atoms with Crippen LogP contribution in [0, 0.1) is 6.92 Å². The van der Waals surface area contributed by atoms with Crippen molar-refractivity contribution in [2.24, 2.45) is 10.2 Å². The number of nitrogens with zero attached hydrogens (tertiary/aromatic N) is 4. The molecule has 0 radical (unpaired) electrons. The van der Waals surface area contributed by atoms with E-state index in [9.17, 15) is 5.11 Å². The molecule has 0 spiro atoms. The van der Waals surface area contributed by atoms with E-state index in [1.165, 1.54) is 23.3 Å². The van der Waals surface area contributed by atoms with Gasteiger partial charge in [-0.1, -0.05) is 18.2 Å². The average Bonchev–Trinajstić information content (AvgIpc) is 3.16. The normalized spacial score (nSPS) is 14.5. The van der Waals surface area contributed by atoms with Gasteiger partial charge in [0.15, 0.2) is 11.5 Å². The summed E-state index contributed by atoms with van der Waals surface area (Å²) in [6.07, 6.45) is 4.57. The second kappa shape index (κ2) is 5.88. The van der Waals surface area contributed by atoms with Crippen LogP contribution in [-0.4, -0.2) is 20.1 Å². The Labute approximate surface area is 153 Å². The predicted molar refractivity (Wildman–Crippen MR) is 103 cm³/mol. The molecule has 4 aromatic rings. The molecule has 6 nitrogen and oxygen atoms in total. The van der Waals surface area contributed by atoms with Crippen molar-refractivity contribution < 1.29 is 5.11 Å². The first kappa shape index (κ1) is 15.5. The monoisotopic (exact) mass is 363 g/mol. The lowest BCUT2D eigenvalue weighted by molar-refractivity contribution is 0.459. The molecule has 1 aliphatic carbocycles. The first-order valence-corrected chi connectivity index (χ1v) is 9.52. The van der Waals surface area contributed by atoms with E-state index in [-0.39, 0.29) is 5.88 Å². The Morgan fingerprint density at radius 1 is 1.12 bits per heavy atom. The van der Waals surface area contributed by atoms with E-state index in [4.69, 9.17) is 0 Å². The van der Waals surface area contributed by atoms with Crippen LogP contribution < -0.4 is 0 Å². The molecule has 5 rings (SSSR count). The van der Waals surface area contributed by atoms with Crippen molar-refractivity contribution in [1.82, 2.24) is 15.0 Å². The number of nitrogens with one attached hydrogen (secondary N) is 1. The van der Waals surface area contributed by atoms with Crippen LogP contribution >= 0.6 is 11.3 Å². The first-order valence-electron chi connectivity index (χ1n) is 8.71. The highest BCUT2D eigenvalue weighted by atomic mass is 32.1. The van der Waals surface area contributed by atoms with Gasteiger partial charge in [0.05, 0.1) is 10.9 Å². The van der Waals surface area contributed by atoms with E-state index in [0.29, 0.717) is 17.3 Å². The fraction of sp³-hybridized carbons (Fsp3) is 0.263. The largest absolute Gasteiger partial charge is 0.493 e. The summed E-state index contributed by atoms with van der Waals surface area (Å²) < 4.78 is 0. The summed E-state index contributed by atoms with van der Waals surface area (Å²) in [6, 6.07) is 7.63. The zero-order chi connectivity index (χ0) is 17.7. The van der Waals surface area contributed by atoms with E-state index in [1.807, 2.05) is 31.2 Å². The van der Waals surface area contributed by atoms with E-state index in [2.05, 4.69) is 25.2 Å². The Morgan fingerprint density at radius 2 is 1.96 bits per heavy atom. The summed E-state index contributed by atoms with van der Waals surface area (Å²) in [4.78, 5) is 14.5. The fourth-order valence-electron chi connectivity index (χ4n) is 3.63. The van der Waals surface area contributed by atoms with Crippen molar-refractivity contribution in [3.05, 3.63) is 40.5 Å². The third-order valence-electron chi connectivity index (χ3n) is 4.81. The number of aromatic hydroxyl groups is 1. The second-order valence-corrected chi connectivity index (χ2v) is 7.64. The fourth-order valence-corrected chi connectivity index (χ4v) is 4.93. The van der Waals surface area contributed by atoms with Crippen molar-refractivity contribution in [2.45, 2.75) is 32.6 Å². The molecule has 1 aromatic carbocycles. The molecule has 130 valence electrons. The predicted octanol–water partition coefficient (Wildman–Crippen LogP) is 5.48. The minimum absolute atomic E-state index is 0.0179. The first-order chi connectivity index (χ1) is 12.7. The van der Waals surface area contributed by atoms with Gasteiger partial charge >= 0.3 is 0 Å². The van der Waals surface area contributed by atoms with Gasteiger partial charge in [0.25, 0.3) is 0 Å². The summed E-state index contributed by atoms with van der Waals surface area (Å²) >= 11 is 1.75. The zero-order valence-corrected chi connectivity index (χ0v) is 15.1. The van der Waals surface area contributed by atoms with Gasteiger partial charge in [0.1, 0.15) is 10.7 Å². The molecule has 2 N–H and O–H groups in total. The summed E-state index contributed by atoms with van der Waals surface area (Å²) in [5.74, 6) is 1.30. The average molecular weight is 363 g/mol. The molecular weight excluding hydrogens is 346 g/mol. The van der Waals surface area contributed by atoms with Gasteiger partial charge in [-0.2, -0.15) is 0 Å². The minimum atomic E-state index is 0.0179. The number of azo groups is 1. The maximum Gasteiger partial charge on any atom is 0.218 e. The van der Waals surface area contributed by atoms with Crippen LogP contribution in [0.5, 0.6) is 5.88 Å². The third kappa shape index (κ3) is 2.39. The smallest absolute Gasteiger partial charge is 0.218 e. The number of para-hydroxylation sites is 1. The van der Waals surface area contributed by atoms with Gasteiger partial charge in [-0.05, 0) is 44.2 Å². The standard InChI is InChI=1S/C19H17N5OS/c1-10-20-17(15-12-7-3-5-9-14(12)26-19(15)21-10)24-23-16-11-6-2-4-8-13(11)22-18(16)25/h2,4,6,8,22,25H,3,5,7,9H2,1H3. The molecule has 26 heavy (non-hydrogen) atoms. The molecule has 3 heterocycles. The molecular formula is C19H17N5OS. The lowest BCUT2D eigenvalue weighted by Gasteiger charge is -2.10. The molecule has 0 saturated heterocycles.